The number of Topliss-reactive ketones (excluding diaryl/α,β-unsaturated/α-hetero) is 1. The van der Waals surface area contributed by atoms with E-state index in [0.29, 0.717) is 16.1 Å². The van der Waals surface area contributed by atoms with Crippen LogP contribution < -0.4 is 0 Å². The van der Waals surface area contributed by atoms with E-state index in [1.54, 1.807) is 0 Å². The predicted octanol–water partition coefficient (Wildman–Crippen LogP) is 7.34. The number of halogens is 9. The Morgan fingerprint density at radius 3 is 2.28 bits per heavy atom. The maximum Gasteiger partial charge on any atom is 0.290 e. The number of carbonyl (C=O) groups excluding carboxylic acids is 1. The van der Waals surface area contributed by atoms with Crippen molar-refractivity contribution in [1.82, 2.24) is 14.8 Å². The first-order valence-corrected chi connectivity index (χ1v) is 13.7. The normalized spacial score (nSPS) is 16.4. The fourth-order valence-corrected chi connectivity index (χ4v) is 5.54. The fourth-order valence-electron chi connectivity index (χ4n) is 4.86. The van der Waals surface area contributed by atoms with E-state index in [0.717, 1.165) is 12.1 Å². The summed E-state index contributed by atoms with van der Waals surface area (Å²) in [5.74, 6) is -6.21. The average Bonchev–Trinajstić information content (AvgIpc) is 3.26. The van der Waals surface area contributed by atoms with E-state index < -0.39 is 90.0 Å². The van der Waals surface area contributed by atoms with Crippen molar-refractivity contribution in [2.24, 2.45) is 0 Å². The summed E-state index contributed by atoms with van der Waals surface area (Å²) in [6.07, 6.45) is -5.66. The number of fused-ring (bicyclic) bond motifs is 1. The molecule has 2 heterocycles. The van der Waals surface area contributed by atoms with Crippen LogP contribution in [0.15, 0.2) is 34.9 Å². The van der Waals surface area contributed by atoms with Crippen LogP contribution in [0.5, 0.6) is 0 Å². The van der Waals surface area contributed by atoms with Gasteiger partial charge < -0.3 is 5.11 Å². The lowest BCUT2D eigenvalue weighted by molar-refractivity contribution is -0.121. The van der Waals surface area contributed by atoms with Gasteiger partial charge in [0.25, 0.3) is 18.3 Å². The Balaban J connectivity index is 1.70. The number of nitrogens with zero attached hydrogens (tertiary/aromatic N) is 3. The molecule has 4 rings (SSSR count). The Kier molecular flexibility index (Phi) is 9.09. The topological polar surface area (TPSA) is 68.0 Å². The molecule has 5 nitrogen and oxygen atoms in total. The number of hydrogen-bond donors (Lipinski definition) is 1. The van der Waals surface area contributed by atoms with Gasteiger partial charge in [0.2, 0.25) is 0 Å². The maximum absolute atomic E-state index is 14.8. The smallest absolute Gasteiger partial charge is 0.290 e. The van der Waals surface area contributed by atoms with Crippen LogP contribution in [0.2, 0.25) is 0 Å². The van der Waals surface area contributed by atoms with E-state index in [1.807, 2.05) is 0 Å². The van der Waals surface area contributed by atoms with Crippen molar-refractivity contribution in [1.29, 1.82) is 0 Å². The minimum Gasteiger partial charge on any atom is -0.378 e. The number of benzene rings is 1. The number of alkyl halides is 6. The van der Waals surface area contributed by atoms with Gasteiger partial charge in [-0.2, -0.15) is 13.9 Å². The summed E-state index contributed by atoms with van der Waals surface area (Å²) in [5, 5.41) is 13.2. The summed E-state index contributed by atoms with van der Waals surface area (Å²) in [6, 6.07) is 4.22. The molecule has 43 heavy (non-hydrogen) atoms. The third-order valence-electron chi connectivity index (χ3n) is 6.63. The van der Waals surface area contributed by atoms with Crippen molar-refractivity contribution in [3.05, 3.63) is 80.3 Å². The van der Waals surface area contributed by atoms with E-state index in [1.165, 1.54) is 26.1 Å². The highest BCUT2D eigenvalue weighted by Gasteiger charge is 2.55. The van der Waals surface area contributed by atoms with Gasteiger partial charge in [0, 0.05) is 47.5 Å². The van der Waals surface area contributed by atoms with Crippen LogP contribution in [-0.2, 0) is 29.6 Å². The van der Waals surface area contributed by atoms with E-state index in [4.69, 9.17) is 0 Å². The summed E-state index contributed by atoms with van der Waals surface area (Å²) in [7, 11) is 0. The van der Waals surface area contributed by atoms with E-state index in [2.05, 4.69) is 37.9 Å². The molecule has 0 radical (unpaired) electrons. The lowest BCUT2D eigenvalue weighted by Crippen LogP contribution is -2.33. The first-order valence-electron chi connectivity index (χ1n) is 12.9. The summed E-state index contributed by atoms with van der Waals surface area (Å²) >= 11 is 3.33. The van der Waals surface area contributed by atoms with Gasteiger partial charge in [-0.1, -0.05) is 11.8 Å². The first kappa shape index (κ1) is 32.6. The van der Waals surface area contributed by atoms with Gasteiger partial charge in [-0.15, -0.1) is 0 Å². The van der Waals surface area contributed by atoms with Crippen LogP contribution in [0.25, 0.3) is 0 Å². The lowest BCUT2D eigenvalue weighted by atomic mass is 9.88. The number of hydrogen-bond acceptors (Lipinski definition) is 4. The molecule has 0 fully saturated rings. The van der Waals surface area contributed by atoms with Crippen molar-refractivity contribution in [3.63, 3.8) is 0 Å². The number of pyridine rings is 1. The highest BCUT2D eigenvalue weighted by Crippen LogP contribution is 2.52. The minimum atomic E-state index is -4.00. The van der Waals surface area contributed by atoms with Gasteiger partial charge in [-0.3, -0.25) is 14.5 Å². The minimum absolute atomic E-state index is 0.123. The summed E-state index contributed by atoms with van der Waals surface area (Å²) < 4.78 is 114. The molecule has 0 bridgehead atoms. The van der Waals surface area contributed by atoms with Gasteiger partial charge in [-0.05, 0) is 60.0 Å². The second kappa shape index (κ2) is 12.0. The van der Waals surface area contributed by atoms with E-state index >= 15 is 0 Å². The van der Waals surface area contributed by atoms with Gasteiger partial charge in [-0.25, -0.2) is 26.3 Å². The number of carbonyl (C=O) groups is 1. The Bertz CT molecular complexity index is 1590. The average molecular weight is 678 g/mol. The van der Waals surface area contributed by atoms with Crippen LogP contribution in [-0.4, -0.2) is 31.3 Å². The Morgan fingerprint density at radius 1 is 1.07 bits per heavy atom. The Hall–Kier alpha value is -3.31. The molecule has 2 aromatic heterocycles. The zero-order valence-corrected chi connectivity index (χ0v) is 24.3. The second-order valence-electron chi connectivity index (χ2n) is 10.8. The highest BCUT2D eigenvalue weighted by atomic mass is 79.9. The molecule has 1 aromatic carbocycles. The van der Waals surface area contributed by atoms with Crippen molar-refractivity contribution in [2.45, 2.75) is 75.9 Å². The third-order valence-corrected chi connectivity index (χ3v) is 7.26. The van der Waals surface area contributed by atoms with Gasteiger partial charge in [0.1, 0.15) is 35.2 Å². The van der Waals surface area contributed by atoms with Crippen molar-refractivity contribution in [2.75, 3.05) is 0 Å². The summed E-state index contributed by atoms with van der Waals surface area (Å²) in [5.41, 5.74) is -5.15. The molecule has 0 amide bonds. The SMILES string of the molecule is CC(C)(O)C#Cc1cnc([C@@H](CC(=O)Cn2nc(C(F)F)c3c2C(F)(F)CCC3(F)F)Cc2cc(F)cc(F)c2)c(Br)c1. The van der Waals surface area contributed by atoms with Crippen molar-refractivity contribution in [3.8, 4) is 11.8 Å². The van der Waals surface area contributed by atoms with Crippen LogP contribution in [0.4, 0.5) is 35.1 Å². The first-order chi connectivity index (χ1) is 19.9. The zero-order valence-electron chi connectivity index (χ0n) is 22.7. The van der Waals surface area contributed by atoms with Crippen LogP contribution in [0.1, 0.15) is 79.2 Å². The molecule has 0 spiro atoms. The van der Waals surface area contributed by atoms with Crippen LogP contribution in [0.3, 0.4) is 0 Å². The second-order valence-corrected chi connectivity index (χ2v) is 11.7. The molecular weight excluding hydrogens is 654 g/mol. The van der Waals surface area contributed by atoms with Crippen molar-refractivity contribution >= 4 is 21.7 Å². The standard InChI is InChI=1S/C29H24BrF8N3O2/c1-27(2,43)4-3-15-10-21(30)23(39-13-15)17(7-16-8-18(31)12-19(32)9-16)11-20(42)14-41-25-22(24(40-41)26(33)34)28(35,36)5-6-29(25,37)38/h8-10,12-13,17,26,43H,5-7,11,14H2,1-2H3/t17-/m1/s1. The molecule has 1 N–H and O–H groups in total. The Labute approximate surface area is 249 Å². The molecule has 0 aliphatic heterocycles. The predicted molar refractivity (Wildman–Crippen MR) is 142 cm³/mol. The van der Waals surface area contributed by atoms with E-state index in [-0.39, 0.29) is 22.4 Å². The number of aromatic nitrogens is 3. The van der Waals surface area contributed by atoms with Gasteiger partial charge in [0.05, 0.1) is 11.3 Å². The highest BCUT2D eigenvalue weighted by molar-refractivity contribution is 9.10. The largest absolute Gasteiger partial charge is 0.378 e. The summed E-state index contributed by atoms with van der Waals surface area (Å²) in [4.78, 5) is 17.5. The molecule has 0 saturated carbocycles. The molecular formula is C29H24BrF8N3O2. The number of rotatable bonds is 8. The molecule has 1 atom stereocenters. The Morgan fingerprint density at radius 2 is 1.70 bits per heavy atom. The van der Waals surface area contributed by atoms with Crippen molar-refractivity contribution < 1.29 is 45.0 Å². The summed E-state index contributed by atoms with van der Waals surface area (Å²) in [6.45, 7) is 1.89. The molecule has 230 valence electrons. The van der Waals surface area contributed by atoms with Gasteiger partial charge in [0.15, 0.2) is 5.78 Å². The van der Waals surface area contributed by atoms with Gasteiger partial charge >= 0.3 is 0 Å². The number of ketones is 1. The van der Waals surface area contributed by atoms with E-state index in [9.17, 15) is 45.0 Å². The molecule has 0 unspecified atom stereocenters. The monoisotopic (exact) mass is 677 g/mol. The number of aliphatic hydroxyl groups is 1. The zero-order chi connectivity index (χ0) is 31.9. The quantitative estimate of drug-likeness (QED) is 0.200. The lowest BCUT2D eigenvalue weighted by Gasteiger charge is -2.29. The molecule has 1 aliphatic rings. The third kappa shape index (κ3) is 7.62. The molecule has 1 aliphatic carbocycles. The molecule has 3 aromatic rings. The molecule has 14 heteroatoms. The fraction of sp³-hybridized carbons (Fsp3) is 0.414. The van der Waals surface area contributed by atoms with Crippen LogP contribution in [0, 0.1) is 23.5 Å². The van der Waals surface area contributed by atoms with Crippen LogP contribution >= 0.6 is 15.9 Å². The molecule has 0 saturated heterocycles. The maximum atomic E-state index is 14.8.